The van der Waals surface area contributed by atoms with Gasteiger partial charge in [0, 0.05) is 12.6 Å². The minimum absolute atomic E-state index is 0.175. The maximum Gasteiger partial charge on any atom is 0.335 e. The monoisotopic (exact) mass is 293 g/mol. The average Bonchev–Trinajstić information content (AvgIpc) is 2.46. The normalized spacial score (nSPS) is 10.2. The number of aromatic carboxylic acids is 1. The Morgan fingerprint density at radius 3 is 2.48 bits per heavy atom. The van der Waals surface area contributed by atoms with Gasteiger partial charge in [0.2, 0.25) is 0 Å². The molecule has 0 spiro atoms. The fourth-order valence-electron chi connectivity index (χ4n) is 1.68. The van der Waals surface area contributed by atoms with Crippen LogP contribution < -0.4 is 10.1 Å². The molecule has 0 aliphatic rings. The van der Waals surface area contributed by atoms with Crippen LogP contribution in [0.25, 0.3) is 0 Å². The van der Waals surface area contributed by atoms with E-state index in [9.17, 15) is 13.6 Å². The van der Waals surface area contributed by atoms with Gasteiger partial charge >= 0.3 is 5.97 Å². The van der Waals surface area contributed by atoms with E-state index in [2.05, 4.69) is 5.32 Å². The highest BCUT2D eigenvalue weighted by Crippen LogP contribution is 2.15. The van der Waals surface area contributed by atoms with E-state index in [1.807, 2.05) is 0 Å². The summed E-state index contributed by atoms with van der Waals surface area (Å²) in [6.45, 7) is 0.576. The van der Waals surface area contributed by atoms with E-state index in [1.54, 1.807) is 12.1 Å². The fraction of sp³-hybridized carbons (Fsp3) is 0.133. The standard InChI is InChI=1S/C15H13F2NO3/c16-11-3-6-14(13(17)9-11)18-7-8-21-12-4-1-10(2-5-12)15(19)20/h1-6,9,18H,7-8H2,(H,19,20). The Balaban J connectivity index is 1.80. The van der Waals surface area contributed by atoms with Gasteiger partial charge in [0.15, 0.2) is 0 Å². The smallest absolute Gasteiger partial charge is 0.335 e. The first-order valence-corrected chi connectivity index (χ1v) is 6.21. The molecule has 0 unspecified atom stereocenters. The summed E-state index contributed by atoms with van der Waals surface area (Å²) in [5, 5.41) is 11.5. The third kappa shape index (κ3) is 4.17. The van der Waals surface area contributed by atoms with Crippen molar-refractivity contribution in [3.63, 3.8) is 0 Å². The van der Waals surface area contributed by atoms with Gasteiger partial charge in [-0.25, -0.2) is 13.6 Å². The maximum absolute atomic E-state index is 13.3. The van der Waals surface area contributed by atoms with E-state index in [1.165, 1.54) is 18.2 Å². The minimum Gasteiger partial charge on any atom is -0.492 e. The largest absolute Gasteiger partial charge is 0.492 e. The van der Waals surface area contributed by atoms with Crippen LogP contribution in [0.5, 0.6) is 5.75 Å². The van der Waals surface area contributed by atoms with E-state index in [4.69, 9.17) is 9.84 Å². The summed E-state index contributed by atoms with van der Waals surface area (Å²) in [5.74, 6) is -1.79. The van der Waals surface area contributed by atoms with Gasteiger partial charge in [-0.1, -0.05) is 0 Å². The Labute approximate surface area is 120 Å². The Morgan fingerprint density at radius 1 is 1.14 bits per heavy atom. The van der Waals surface area contributed by atoms with E-state index in [0.29, 0.717) is 12.3 Å². The van der Waals surface area contributed by atoms with Crippen molar-refractivity contribution in [1.29, 1.82) is 0 Å². The Bertz CT molecular complexity index is 629. The summed E-state index contributed by atoms with van der Waals surface area (Å²) in [5.41, 5.74) is 0.370. The predicted molar refractivity (Wildman–Crippen MR) is 73.7 cm³/mol. The molecule has 2 N–H and O–H groups in total. The van der Waals surface area contributed by atoms with Gasteiger partial charge in [0.1, 0.15) is 24.0 Å². The average molecular weight is 293 g/mol. The first kappa shape index (κ1) is 14.8. The van der Waals surface area contributed by atoms with Crippen molar-refractivity contribution in [1.82, 2.24) is 0 Å². The number of benzene rings is 2. The van der Waals surface area contributed by atoms with Gasteiger partial charge in [-0.15, -0.1) is 0 Å². The summed E-state index contributed by atoms with van der Waals surface area (Å²) < 4.78 is 31.4. The molecule has 0 amide bonds. The molecule has 0 fully saturated rings. The quantitative estimate of drug-likeness (QED) is 0.803. The van der Waals surface area contributed by atoms with Crippen molar-refractivity contribution in [2.75, 3.05) is 18.5 Å². The molecule has 6 heteroatoms. The van der Waals surface area contributed by atoms with Crippen molar-refractivity contribution >= 4 is 11.7 Å². The molecule has 2 aromatic carbocycles. The molecule has 0 atom stereocenters. The van der Waals surface area contributed by atoms with Crippen LogP contribution in [0.1, 0.15) is 10.4 Å². The molecule has 110 valence electrons. The van der Waals surface area contributed by atoms with Crippen molar-refractivity contribution in [3.05, 3.63) is 59.7 Å². The van der Waals surface area contributed by atoms with Gasteiger partial charge in [-0.2, -0.15) is 0 Å². The second kappa shape index (κ2) is 6.69. The van der Waals surface area contributed by atoms with Crippen LogP contribution in [0.3, 0.4) is 0 Å². The number of hydrogen-bond donors (Lipinski definition) is 2. The highest BCUT2D eigenvalue weighted by molar-refractivity contribution is 5.87. The number of halogens is 2. The highest BCUT2D eigenvalue weighted by atomic mass is 19.1. The lowest BCUT2D eigenvalue weighted by Gasteiger charge is -2.09. The first-order valence-electron chi connectivity index (χ1n) is 6.21. The number of rotatable bonds is 6. The molecule has 2 rings (SSSR count). The summed E-state index contributed by atoms with van der Waals surface area (Å²) in [7, 11) is 0. The number of carbonyl (C=O) groups is 1. The summed E-state index contributed by atoms with van der Waals surface area (Å²) in [6.07, 6.45) is 0. The molecule has 0 heterocycles. The van der Waals surface area contributed by atoms with Gasteiger partial charge < -0.3 is 15.2 Å². The van der Waals surface area contributed by atoms with Crippen LogP contribution in [-0.4, -0.2) is 24.2 Å². The topological polar surface area (TPSA) is 58.6 Å². The zero-order chi connectivity index (χ0) is 15.2. The molecule has 0 aliphatic carbocycles. The summed E-state index contributed by atoms with van der Waals surface area (Å²) in [6, 6.07) is 9.23. The van der Waals surface area contributed by atoms with Crippen molar-refractivity contribution in [2.24, 2.45) is 0 Å². The molecule has 0 radical (unpaired) electrons. The number of carboxylic acid groups (broad SMARTS) is 1. The molecular weight excluding hydrogens is 280 g/mol. The van der Waals surface area contributed by atoms with Gasteiger partial charge in [0.25, 0.3) is 0 Å². The van der Waals surface area contributed by atoms with Gasteiger partial charge in [0.05, 0.1) is 11.3 Å². The van der Waals surface area contributed by atoms with Crippen LogP contribution in [0.2, 0.25) is 0 Å². The lowest BCUT2D eigenvalue weighted by molar-refractivity contribution is 0.0697. The zero-order valence-corrected chi connectivity index (χ0v) is 11.0. The number of hydrogen-bond acceptors (Lipinski definition) is 3. The van der Waals surface area contributed by atoms with E-state index >= 15 is 0 Å². The van der Waals surface area contributed by atoms with E-state index in [0.717, 1.165) is 12.1 Å². The Kier molecular flexibility index (Phi) is 4.71. The Morgan fingerprint density at radius 2 is 1.86 bits per heavy atom. The van der Waals surface area contributed by atoms with Crippen molar-refractivity contribution < 1.29 is 23.4 Å². The number of carboxylic acids is 1. The highest BCUT2D eigenvalue weighted by Gasteiger charge is 2.04. The van der Waals surface area contributed by atoms with Crippen molar-refractivity contribution in [2.45, 2.75) is 0 Å². The summed E-state index contributed by atoms with van der Waals surface area (Å²) in [4.78, 5) is 10.7. The van der Waals surface area contributed by atoms with E-state index in [-0.39, 0.29) is 17.9 Å². The van der Waals surface area contributed by atoms with Crippen molar-refractivity contribution in [3.8, 4) is 5.75 Å². The zero-order valence-electron chi connectivity index (χ0n) is 11.0. The number of anilines is 1. The van der Waals surface area contributed by atoms with Crippen LogP contribution in [0.15, 0.2) is 42.5 Å². The SMILES string of the molecule is O=C(O)c1ccc(OCCNc2ccc(F)cc2F)cc1. The molecule has 4 nitrogen and oxygen atoms in total. The van der Waals surface area contributed by atoms with E-state index < -0.39 is 17.6 Å². The van der Waals surface area contributed by atoms with Gasteiger partial charge in [-0.3, -0.25) is 0 Å². The number of nitrogens with one attached hydrogen (secondary N) is 1. The number of ether oxygens (including phenoxy) is 1. The second-order valence-corrected chi connectivity index (χ2v) is 4.23. The second-order valence-electron chi connectivity index (χ2n) is 4.23. The Hall–Kier alpha value is -2.63. The lowest BCUT2D eigenvalue weighted by Crippen LogP contribution is -2.12. The minimum atomic E-state index is -1.00. The first-order chi connectivity index (χ1) is 10.1. The third-order valence-electron chi connectivity index (χ3n) is 2.72. The fourth-order valence-corrected chi connectivity index (χ4v) is 1.68. The lowest BCUT2D eigenvalue weighted by atomic mass is 10.2. The van der Waals surface area contributed by atoms with Crippen LogP contribution in [0.4, 0.5) is 14.5 Å². The molecule has 0 bridgehead atoms. The molecule has 0 saturated heterocycles. The molecule has 0 aliphatic heterocycles. The predicted octanol–water partition coefficient (Wildman–Crippen LogP) is 3.15. The molecule has 21 heavy (non-hydrogen) atoms. The third-order valence-corrected chi connectivity index (χ3v) is 2.72. The molecule has 0 aromatic heterocycles. The summed E-state index contributed by atoms with van der Waals surface area (Å²) >= 11 is 0. The molecule has 2 aromatic rings. The van der Waals surface area contributed by atoms with Crippen LogP contribution >= 0.6 is 0 Å². The molecular formula is C15H13F2NO3. The van der Waals surface area contributed by atoms with Crippen LogP contribution in [-0.2, 0) is 0 Å². The van der Waals surface area contributed by atoms with Crippen LogP contribution in [0, 0.1) is 11.6 Å². The van der Waals surface area contributed by atoms with Gasteiger partial charge in [-0.05, 0) is 36.4 Å². The molecule has 0 saturated carbocycles. The maximum atomic E-state index is 13.3.